The number of benzene rings is 1. The maximum absolute atomic E-state index is 6.14. The summed E-state index contributed by atoms with van der Waals surface area (Å²) in [6.45, 7) is 10.3. The Labute approximate surface area is 130 Å². The molecule has 2 rings (SSSR count). The van der Waals surface area contributed by atoms with Crippen LogP contribution in [0.4, 0.5) is 0 Å². The van der Waals surface area contributed by atoms with Gasteiger partial charge in [-0.25, -0.2) is 0 Å². The number of ether oxygens (including phenoxy) is 2. The van der Waals surface area contributed by atoms with Crippen molar-refractivity contribution in [1.29, 1.82) is 0 Å². The minimum absolute atomic E-state index is 0.346. The molecule has 1 aromatic carbocycles. The number of methoxy groups -OCH3 is 1. The monoisotopic (exact) mass is 304 g/mol. The summed E-state index contributed by atoms with van der Waals surface area (Å²) in [7, 11) is 0.675. The van der Waals surface area contributed by atoms with Crippen LogP contribution in [-0.2, 0) is 11.3 Å². The predicted octanol–water partition coefficient (Wildman–Crippen LogP) is 4.88. The Hall–Kier alpha value is -1.06. The molecule has 0 radical (unpaired) electrons. The zero-order valence-electron chi connectivity index (χ0n) is 14.0. The third kappa shape index (κ3) is 5.01. The average Bonchev–Trinajstić information content (AvgIpc) is 2.74. The van der Waals surface area contributed by atoms with Crippen LogP contribution in [0.1, 0.15) is 18.9 Å². The van der Waals surface area contributed by atoms with Crippen LogP contribution in [-0.4, -0.2) is 21.3 Å². The van der Waals surface area contributed by atoms with Crippen molar-refractivity contribution in [3.05, 3.63) is 41.5 Å². The van der Waals surface area contributed by atoms with Crippen molar-refractivity contribution >= 4 is 8.07 Å². The molecule has 1 aliphatic carbocycles. The summed E-state index contributed by atoms with van der Waals surface area (Å²) < 4.78 is 11.3. The Kier molecular flexibility index (Phi) is 5.28. The molecule has 0 N–H and O–H groups in total. The van der Waals surface area contributed by atoms with Gasteiger partial charge >= 0.3 is 0 Å². The van der Waals surface area contributed by atoms with Gasteiger partial charge in [-0.05, 0) is 30.2 Å². The first-order chi connectivity index (χ1) is 9.87. The normalized spacial score (nSPS) is 22.2. The lowest BCUT2D eigenvalue weighted by molar-refractivity contribution is 0.0254. The molecule has 1 aliphatic rings. The van der Waals surface area contributed by atoms with Crippen LogP contribution < -0.4 is 4.74 Å². The predicted molar refractivity (Wildman–Crippen MR) is 91.6 cm³/mol. The molecule has 0 saturated heterocycles. The molecule has 0 unspecified atom stereocenters. The van der Waals surface area contributed by atoms with Crippen molar-refractivity contribution in [2.24, 2.45) is 5.92 Å². The molecule has 0 heterocycles. The summed E-state index contributed by atoms with van der Waals surface area (Å²) in [5, 5.41) is 0. The SMILES string of the molecule is COc1ccc(CO[C@H]2CC(C[Si](C)(C)C)=C[C@@H]2C)cc1. The van der Waals surface area contributed by atoms with E-state index in [0.29, 0.717) is 18.6 Å². The smallest absolute Gasteiger partial charge is 0.118 e. The van der Waals surface area contributed by atoms with Crippen LogP contribution in [0.2, 0.25) is 25.7 Å². The molecular weight excluding hydrogens is 276 g/mol. The Morgan fingerprint density at radius 3 is 2.38 bits per heavy atom. The molecule has 3 heteroatoms. The molecule has 2 nitrogen and oxygen atoms in total. The van der Waals surface area contributed by atoms with Crippen LogP contribution in [0, 0.1) is 5.92 Å². The number of hydrogen-bond acceptors (Lipinski definition) is 2. The van der Waals surface area contributed by atoms with Crippen molar-refractivity contribution in [2.75, 3.05) is 7.11 Å². The maximum atomic E-state index is 6.14. The summed E-state index contributed by atoms with van der Waals surface area (Å²) in [6.07, 6.45) is 3.90. The Balaban J connectivity index is 1.84. The summed E-state index contributed by atoms with van der Waals surface area (Å²) in [5.74, 6) is 1.43. The summed E-state index contributed by atoms with van der Waals surface area (Å²) >= 11 is 0. The van der Waals surface area contributed by atoms with Gasteiger partial charge in [0.15, 0.2) is 0 Å². The highest BCUT2D eigenvalue weighted by molar-refractivity contribution is 6.76. The fourth-order valence-corrected chi connectivity index (χ4v) is 4.56. The zero-order chi connectivity index (χ0) is 15.5. The number of hydrogen-bond donors (Lipinski definition) is 0. The van der Waals surface area contributed by atoms with Crippen LogP contribution in [0.15, 0.2) is 35.9 Å². The van der Waals surface area contributed by atoms with E-state index < -0.39 is 8.07 Å². The van der Waals surface area contributed by atoms with E-state index in [0.717, 1.165) is 12.2 Å². The van der Waals surface area contributed by atoms with Gasteiger partial charge in [0, 0.05) is 14.0 Å². The molecule has 1 aromatic rings. The van der Waals surface area contributed by atoms with Crippen molar-refractivity contribution in [3.8, 4) is 5.75 Å². The van der Waals surface area contributed by atoms with Gasteiger partial charge in [0.2, 0.25) is 0 Å². The minimum Gasteiger partial charge on any atom is -0.497 e. The van der Waals surface area contributed by atoms with Crippen molar-refractivity contribution in [1.82, 2.24) is 0 Å². The number of rotatable bonds is 6. The first kappa shape index (κ1) is 16.3. The van der Waals surface area contributed by atoms with E-state index in [1.807, 2.05) is 12.1 Å². The van der Waals surface area contributed by atoms with Crippen LogP contribution in [0.3, 0.4) is 0 Å². The quantitative estimate of drug-likeness (QED) is 0.550. The fourth-order valence-electron chi connectivity index (χ4n) is 2.94. The Morgan fingerprint density at radius 2 is 1.81 bits per heavy atom. The second-order valence-electron chi connectivity index (χ2n) is 7.32. The minimum atomic E-state index is -1.02. The highest BCUT2D eigenvalue weighted by atomic mass is 28.3. The molecular formula is C18H28O2Si. The van der Waals surface area contributed by atoms with Gasteiger partial charge < -0.3 is 9.47 Å². The van der Waals surface area contributed by atoms with Crippen LogP contribution in [0.25, 0.3) is 0 Å². The summed E-state index contributed by atoms with van der Waals surface area (Å²) in [5.41, 5.74) is 2.82. The lowest BCUT2D eigenvalue weighted by atomic mass is 10.1. The van der Waals surface area contributed by atoms with Crippen LogP contribution >= 0.6 is 0 Å². The molecule has 0 bridgehead atoms. The molecule has 0 aromatic heterocycles. The first-order valence-electron chi connectivity index (χ1n) is 7.81. The lowest BCUT2D eigenvalue weighted by Crippen LogP contribution is -2.20. The Morgan fingerprint density at radius 1 is 1.14 bits per heavy atom. The lowest BCUT2D eigenvalue weighted by Gasteiger charge is -2.19. The standard InChI is InChI=1S/C18H28O2Si/c1-14-10-16(13-21(3,4)5)11-18(14)20-12-15-6-8-17(19-2)9-7-15/h6-10,14,18H,11-13H2,1-5H3/t14-,18-/m0/s1. The van der Waals surface area contributed by atoms with Crippen molar-refractivity contribution in [2.45, 2.75) is 51.7 Å². The highest BCUT2D eigenvalue weighted by Gasteiger charge is 2.27. The first-order valence-corrected chi connectivity index (χ1v) is 11.5. The molecule has 2 atom stereocenters. The Bertz CT molecular complexity index is 485. The molecule has 0 spiro atoms. The summed E-state index contributed by atoms with van der Waals surface area (Å²) in [6, 6.07) is 9.45. The van der Waals surface area contributed by atoms with Gasteiger partial charge in [0.05, 0.1) is 19.8 Å². The second-order valence-corrected chi connectivity index (χ2v) is 12.8. The average molecular weight is 305 g/mol. The van der Waals surface area contributed by atoms with E-state index in [4.69, 9.17) is 9.47 Å². The highest BCUT2D eigenvalue weighted by Crippen LogP contribution is 2.32. The van der Waals surface area contributed by atoms with Crippen molar-refractivity contribution < 1.29 is 9.47 Å². The van der Waals surface area contributed by atoms with Gasteiger partial charge in [-0.3, -0.25) is 0 Å². The molecule has 0 aliphatic heterocycles. The van der Waals surface area contributed by atoms with Gasteiger partial charge in [-0.2, -0.15) is 0 Å². The second kappa shape index (κ2) is 6.80. The topological polar surface area (TPSA) is 18.5 Å². The van der Waals surface area contributed by atoms with E-state index in [1.54, 1.807) is 12.7 Å². The third-order valence-corrected chi connectivity index (χ3v) is 5.44. The largest absolute Gasteiger partial charge is 0.497 e. The van der Waals surface area contributed by atoms with E-state index in [2.05, 4.69) is 44.8 Å². The molecule has 0 amide bonds. The van der Waals surface area contributed by atoms with E-state index >= 15 is 0 Å². The van der Waals surface area contributed by atoms with Gasteiger partial charge in [-0.15, -0.1) is 0 Å². The van der Waals surface area contributed by atoms with E-state index in [-0.39, 0.29) is 0 Å². The molecule has 0 fully saturated rings. The van der Waals surface area contributed by atoms with E-state index in [9.17, 15) is 0 Å². The van der Waals surface area contributed by atoms with Crippen molar-refractivity contribution in [3.63, 3.8) is 0 Å². The van der Waals surface area contributed by atoms with E-state index in [1.165, 1.54) is 11.6 Å². The van der Waals surface area contributed by atoms with Gasteiger partial charge in [0.25, 0.3) is 0 Å². The van der Waals surface area contributed by atoms with Crippen LogP contribution in [0.5, 0.6) is 5.75 Å². The molecule has 0 saturated carbocycles. The van der Waals surface area contributed by atoms with Gasteiger partial charge in [-0.1, -0.05) is 50.3 Å². The molecule has 116 valence electrons. The van der Waals surface area contributed by atoms with Gasteiger partial charge in [0.1, 0.15) is 5.75 Å². The molecule has 21 heavy (non-hydrogen) atoms. The summed E-state index contributed by atoms with van der Waals surface area (Å²) in [4.78, 5) is 0. The zero-order valence-corrected chi connectivity index (χ0v) is 15.0. The third-order valence-electron chi connectivity index (χ3n) is 3.93. The maximum Gasteiger partial charge on any atom is 0.118 e. The fraction of sp³-hybridized carbons (Fsp3) is 0.556.